The van der Waals surface area contributed by atoms with Crippen molar-refractivity contribution in [1.82, 2.24) is 9.69 Å². The largest absolute Gasteiger partial charge is 0.479 e. The molecule has 0 bridgehead atoms. The smallest absolute Gasteiger partial charge is 0.244 e. The zero-order valence-corrected chi connectivity index (χ0v) is 10.2. The summed E-state index contributed by atoms with van der Waals surface area (Å²) in [6.45, 7) is 6.08. The third kappa shape index (κ3) is 3.12. The van der Waals surface area contributed by atoms with Crippen LogP contribution in [0.2, 0.25) is 5.02 Å². The van der Waals surface area contributed by atoms with Gasteiger partial charge in [-0.3, -0.25) is 0 Å². The van der Waals surface area contributed by atoms with E-state index in [1.807, 2.05) is 0 Å². The number of hydrogen-bond donors (Lipinski definition) is 1. The van der Waals surface area contributed by atoms with Gasteiger partial charge < -0.3 is 10.1 Å². The van der Waals surface area contributed by atoms with Gasteiger partial charge >= 0.3 is 0 Å². The summed E-state index contributed by atoms with van der Waals surface area (Å²) >= 11 is 7.41. The van der Waals surface area contributed by atoms with E-state index in [1.54, 1.807) is 7.11 Å². The summed E-state index contributed by atoms with van der Waals surface area (Å²) in [5.41, 5.74) is 0. The summed E-state index contributed by atoms with van der Waals surface area (Å²) in [4.78, 5) is 1.03. The molecular formula is C9H15ClN2OS. The van der Waals surface area contributed by atoms with Gasteiger partial charge in [-0.15, -0.1) is 0 Å². The Hall–Kier alpha value is -0.320. The van der Waals surface area contributed by atoms with Crippen LogP contribution < -0.4 is 10.1 Å². The van der Waals surface area contributed by atoms with Crippen LogP contribution in [0.5, 0.6) is 5.88 Å². The van der Waals surface area contributed by atoms with E-state index in [4.69, 9.17) is 16.3 Å². The van der Waals surface area contributed by atoms with Gasteiger partial charge in [-0.25, -0.2) is 0 Å². The number of ether oxygens (including phenoxy) is 1. The van der Waals surface area contributed by atoms with Crippen molar-refractivity contribution >= 4 is 23.1 Å². The van der Waals surface area contributed by atoms with E-state index >= 15 is 0 Å². The van der Waals surface area contributed by atoms with E-state index in [9.17, 15) is 0 Å². The molecule has 1 aromatic heterocycles. The second kappa shape index (κ2) is 5.53. The maximum atomic E-state index is 6.02. The van der Waals surface area contributed by atoms with Crippen LogP contribution in [0.25, 0.3) is 0 Å². The standard InChI is InChI=1S/C9H15ClN2OS/c1-6(2)4-11-5-7-8(10)9(13-3)12-14-7/h6,11H,4-5H2,1-3H3. The highest BCUT2D eigenvalue weighted by Crippen LogP contribution is 2.30. The highest BCUT2D eigenvalue weighted by molar-refractivity contribution is 7.06. The number of nitrogens with zero attached hydrogens (tertiary/aromatic N) is 1. The van der Waals surface area contributed by atoms with Crippen molar-refractivity contribution in [3.63, 3.8) is 0 Å². The van der Waals surface area contributed by atoms with Crippen LogP contribution in [0.1, 0.15) is 18.7 Å². The van der Waals surface area contributed by atoms with E-state index in [0.29, 0.717) is 16.8 Å². The highest BCUT2D eigenvalue weighted by atomic mass is 35.5. The van der Waals surface area contributed by atoms with Gasteiger partial charge in [0.15, 0.2) is 0 Å². The van der Waals surface area contributed by atoms with Gasteiger partial charge in [-0.1, -0.05) is 25.4 Å². The number of rotatable bonds is 5. The first-order valence-electron chi connectivity index (χ1n) is 4.54. The summed E-state index contributed by atoms with van der Waals surface area (Å²) in [6, 6.07) is 0. The van der Waals surface area contributed by atoms with Crippen LogP contribution in [0.3, 0.4) is 0 Å². The predicted octanol–water partition coefficient (Wildman–Crippen LogP) is 2.55. The van der Waals surface area contributed by atoms with Crippen molar-refractivity contribution in [3.8, 4) is 5.88 Å². The fraction of sp³-hybridized carbons (Fsp3) is 0.667. The molecule has 0 saturated heterocycles. The van der Waals surface area contributed by atoms with Crippen LogP contribution >= 0.6 is 23.1 Å². The van der Waals surface area contributed by atoms with E-state index in [2.05, 4.69) is 23.5 Å². The molecular weight excluding hydrogens is 220 g/mol. The Morgan fingerprint density at radius 1 is 1.57 bits per heavy atom. The molecule has 0 aliphatic rings. The maximum Gasteiger partial charge on any atom is 0.244 e. The van der Waals surface area contributed by atoms with E-state index in [0.717, 1.165) is 18.0 Å². The zero-order valence-electron chi connectivity index (χ0n) is 8.63. The molecule has 0 amide bonds. The third-order valence-electron chi connectivity index (χ3n) is 1.70. The Balaban J connectivity index is 2.46. The first-order chi connectivity index (χ1) is 6.65. The maximum absolute atomic E-state index is 6.02. The molecule has 3 nitrogen and oxygen atoms in total. The zero-order chi connectivity index (χ0) is 10.6. The lowest BCUT2D eigenvalue weighted by molar-refractivity contribution is 0.402. The average molecular weight is 235 g/mol. The minimum atomic E-state index is 0.526. The molecule has 0 aromatic carbocycles. The highest BCUT2D eigenvalue weighted by Gasteiger charge is 2.11. The van der Waals surface area contributed by atoms with Crippen LogP contribution in [-0.4, -0.2) is 18.0 Å². The first-order valence-corrected chi connectivity index (χ1v) is 5.69. The molecule has 80 valence electrons. The lowest BCUT2D eigenvalue weighted by Crippen LogP contribution is -2.18. The quantitative estimate of drug-likeness (QED) is 0.850. The van der Waals surface area contributed by atoms with Gasteiger partial charge in [0, 0.05) is 6.54 Å². The lowest BCUT2D eigenvalue weighted by atomic mass is 10.2. The molecule has 5 heteroatoms. The third-order valence-corrected chi connectivity index (χ3v) is 3.03. The second-order valence-corrected chi connectivity index (χ2v) is 4.69. The molecule has 1 aromatic rings. The first kappa shape index (κ1) is 11.8. The van der Waals surface area contributed by atoms with Crippen molar-refractivity contribution < 1.29 is 4.74 Å². The predicted molar refractivity (Wildman–Crippen MR) is 60.2 cm³/mol. The van der Waals surface area contributed by atoms with Crippen molar-refractivity contribution in [1.29, 1.82) is 0 Å². The fourth-order valence-electron chi connectivity index (χ4n) is 1.01. The van der Waals surface area contributed by atoms with Crippen molar-refractivity contribution in [3.05, 3.63) is 9.90 Å². The molecule has 1 rings (SSSR count). The fourth-order valence-corrected chi connectivity index (χ4v) is 2.04. The molecule has 0 spiro atoms. The number of aromatic nitrogens is 1. The van der Waals surface area contributed by atoms with E-state index in [1.165, 1.54) is 11.5 Å². The van der Waals surface area contributed by atoms with Crippen LogP contribution in [0.15, 0.2) is 0 Å². The Kier molecular flexibility index (Phi) is 4.65. The van der Waals surface area contributed by atoms with Crippen molar-refractivity contribution in [2.24, 2.45) is 5.92 Å². The number of methoxy groups -OCH3 is 1. The molecule has 0 aliphatic carbocycles. The number of halogens is 1. The molecule has 1 heterocycles. The SMILES string of the molecule is COc1nsc(CNCC(C)C)c1Cl. The minimum Gasteiger partial charge on any atom is -0.479 e. The normalized spacial score (nSPS) is 10.9. The Morgan fingerprint density at radius 2 is 2.29 bits per heavy atom. The molecule has 14 heavy (non-hydrogen) atoms. The molecule has 0 unspecified atom stereocenters. The molecule has 0 aliphatic heterocycles. The molecule has 0 atom stereocenters. The molecule has 0 saturated carbocycles. The summed E-state index contributed by atoms with van der Waals surface area (Å²) in [6.07, 6.45) is 0. The van der Waals surface area contributed by atoms with Gasteiger partial charge in [0.2, 0.25) is 5.88 Å². The Bertz CT molecular complexity index is 288. The van der Waals surface area contributed by atoms with Gasteiger partial charge in [0.25, 0.3) is 0 Å². The molecule has 0 fully saturated rings. The minimum absolute atomic E-state index is 0.526. The summed E-state index contributed by atoms with van der Waals surface area (Å²) in [5, 5.41) is 3.94. The van der Waals surface area contributed by atoms with Gasteiger partial charge in [0.1, 0.15) is 5.02 Å². The summed E-state index contributed by atoms with van der Waals surface area (Å²) < 4.78 is 9.07. The second-order valence-electron chi connectivity index (χ2n) is 3.45. The lowest BCUT2D eigenvalue weighted by Gasteiger charge is -2.05. The average Bonchev–Trinajstić information content (AvgIpc) is 2.47. The molecule has 1 N–H and O–H groups in total. The molecule has 0 radical (unpaired) electrons. The topological polar surface area (TPSA) is 34.1 Å². The summed E-state index contributed by atoms with van der Waals surface area (Å²) in [5.74, 6) is 1.17. The van der Waals surface area contributed by atoms with Crippen LogP contribution in [0.4, 0.5) is 0 Å². The monoisotopic (exact) mass is 234 g/mol. The Morgan fingerprint density at radius 3 is 2.79 bits per heavy atom. The summed E-state index contributed by atoms with van der Waals surface area (Å²) in [7, 11) is 1.58. The van der Waals surface area contributed by atoms with Crippen LogP contribution in [-0.2, 0) is 6.54 Å². The Labute approximate surface area is 93.6 Å². The number of nitrogens with one attached hydrogen (secondary N) is 1. The van der Waals surface area contributed by atoms with E-state index < -0.39 is 0 Å². The van der Waals surface area contributed by atoms with Gasteiger partial charge in [0.05, 0.1) is 12.0 Å². The van der Waals surface area contributed by atoms with Gasteiger partial charge in [-0.2, -0.15) is 4.37 Å². The van der Waals surface area contributed by atoms with Crippen LogP contribution in [0, 0.1) is 5.92 Å². The van der Waals surface area contributed by atoms with E-state index in [-0.39, 0.29) is 0 Å². The number of hydrogen-bond acceptors (Lipinski definition) is 4. The van der Waals surface area contributed by atoms with Gasteiger partial charge in [-0.05, 0) is 24.0 Å². The van der Waals surface area contributed by atoms with Crippen molar-refractivity contribution in [2.45, 2.75) is 20.4 Å². The van der Waals surface area contributed by atoms with Crippen molar-refractivity contribution in [2.75, 3.05) is 13.7 Å².